The first-order valence-corrected chi connectivity index (χ1v) is 10.5. The van der Waals surface area contributed by atoms with Crippen molar-refractivity contribution >= 4 is 40.3 Å². The van der Waals surface area contributed by atoms with Crippen molar-refractivity contribution in [3.63, 3.8) is 0 Å². The summed E-state index contributed by atoms with van der Waals surface area (Å²) in [4.78, 5) is 38.3. The summed E-state index contributed by atoms with van der Waals surface area (Å²) in [5.74, 6) is -0.930. The zero-order valence-corrected chi connectivity index (χ0v) is 17.8. The lowest BCUT2D eigenvalue weighted by atomic mass is 10.0. The predicted molar refractivity (Wildman–Crippen MR) is 116 cm³/mol. The van der Waals surface area contributed by atoms with Crippen LogP contribution in [0.25, 0.3) is 0 Å². The molecule has 0 bridgehead atoms. The number of amidine groups is 1. The molecule has 2 aliphatic rings. The van der Waals surface area contributed by atoms with E-state index in [9.17, 15) is 14.4 Å². The smallest absolute Gasteiger partial charge is 0.271 e. The second kappa shape index (κ2) is 7.60. The SMILES string of the molecule is CCc1ccc2c(c1)[C@]1(SC(NC(C)=O)=NN1C(C)=O)C(=O)N2Cc1ccccc1. The Morgan fingerprint density at radius 2 is 1.83 bits per heavy atom. The molecule has 3 amide bonds. The van der Waals surface area contributed by atoms with Gasteiger partial charge in [0.25, 0.3) is 5.91 Å². The number of benzene rings is 2. The molecule has 1 atom stereocenters. The van der Waals surface area contributed by atoms with Gasteiger partial charge < -0.3 is 10.2 Å². The standard InChI is InChI=1S/C22H22N4O3S/c1-4-16-10-11-19-18(12-16)22(20(29)25(19)13-17-8-6-5-7-9-17)26(15(3)28)24-21(30-22)23-14(2)27/h5-12H,4,13H2,1-3H3,(H,23,24,27)/t22-/m0/s1. The summed E-state index contributed by atoms with van der Waals surface area (Å²) in [5.41, 5.74) is 3.50. The number of thioether (sulfide) groups is 1. The highest BCUT2D eigenvalue weighted by Gasteiger charge is 2.61. The van der Waals surface area contributed by atoms with Gasteiger partial charge in [-0.15, -0.1) is 5.10 Å². The lowest BCUT2D eigenvalue weighted by Gasteiger charge is -2.29. The van der Waals surface area contributed by atoms with Crippen LogP contribution in [-0.4, -0.2) is 27.9 Å². The van der Waals surface area contributed by atoms with Crippen LogP contribution in [0, 0.1) is 0 Å². The van der Waals surface area contributed by atoms with Gasteiger partial charge in [-0.1, -0.05) is 43.3 Å². The van der Waals surface area contributed by atoms with Crippen molar-refractivity contribution in [3.05, 3.63) is 65.2 Å². The molecule has 2 aromatic carbocycles. The Morgan fingerprint density at radius 3 is 2.47 bits per heavy atom. The number of carbonyl (C=O) groups excluding carboxylic acids is 3. The fraction of sp³-hybridized carbons (Fsp3) is 0.273. The molecular formula is C22H22N4O3S. The van der Waals surface area contributed by atoms with Gasteiger partial charge >= 0.3 is 0 Å². The Hall–Kier alpha value is -3.13. The summed E-state index contributed by atoms with van der Waals surface area (Å²) >= 11 is 1.10. The van der Waals surface area contributed by atoms with E-state index in [4.69, 9.17) is 0 Å². The van der Waals surface area contributed by atoms with Crippen LogP contribution in [0.15, 0.2) is 53.6 Å². The lowest BCUT2D eigenvalue weighted by molar-refractivity contribution is -0.139. The van der Waals surface area contributed by atoms with Crippen molar-refractivity contribution in [3.8, 4) is 0 Å². The highest BCUT2D eigenvalue weighted by atomic mass is 32.2. The van der Waals surface area contributed by atoms with Gasteiger partial charge in [0.1, 0.15) is 0 Å². The minimum atomic E-state index is -1.36. The van der Waals surface area contributed by atoms with Crippen LogP contribution in [0.3, 0.4) is 0 Å². The molecule has 0 saturated heterocycles. The summed E-state index contributed by atoms with van der Waals surface area (Å²) < 4.78 is 0. The summed E-state index contributed by atoms with van der Waals surface area (Å²) in [6.07, 6.45) is 0.792. The molecule has 0 unspecified atom stereocenters. The van der Waals surface area contributed by atoms with Crippen LogP contribution in [0.4, 0.5) is 5.69 Å². The van der Waals surface area contributed by atoms with E-state index in [1.54, 1.807) is 4.90 Å². The van der Waals surface area contributed by atoms with Gasteiger partial charge in [-0.05, 0) is 41.4 Å². The van der Waals surface area contributed by atoms with E-state index in [0.29, 0.717) is 12.1 Å². The van der Waals surface area contributed by atoms with E-state index in [0.717, 1.165) is 35.0 Å². The first-order valence-electron chi connectivity index (χ1n) is 9.72. The van der Waals surface area contributed by atoms with E-state index < -0.39 is 4.87 Å². The third-order valence-corrected chi connectivity index (χ3v) is 6.40. The van der Waals surface area contributed by atoms with Gasteiger partial charge in [0.15, 0.2) is 5.17 Å². The van der Waals surface area contributed by atoms with Crippen LogP contribution in [0.5, 0.6) is 0 Å². The van der Waals surface area contributed by atoms with Crippen LogP contribution in [0.2, 0.25) is 0 Å². The van der Waals surface area contributed by atoms with E-state index in [1.165, 1.54) is 18.9 Å². The number of hydrogen-bond acceptors (Lipinski definition) is 5. The van der Waals surface area contributed by atoms with Crippen LogP contribution < -0.4 is 10.2 Å². The zero-order chi connectivity index (χ0) is 21.5. The highest BCUT2D eigenvalue weighted by molar-refractivity contribution is 8.15. The van der Waals surface area contributed by atoms with Gasteiger partial charge in [0.05, 0.1) is 12.2 Å². The molecule has 1 spiro atoms. The number of aryl methyl sites for hydroxylation is 1. The number of nitrogens with zero attached hydrogens (tertiary/aromatic N) is 3. The van der Waals surface area contributed by atoms with Crippen molar-refractivity contribution < 1.29 is 14.4 Å². The second-order valence-electron chi connectivity index (χ2n) is 7.25. The molecule has 2 aliphatic heterocycles. The third kappa shape index (κ3) is 3.17. The van der Waals surface area contributed by atoms with Crippen molar-refractivity contribution in [2.24, 2.45) is 5.10 Å². The van der Waals surface area contributed by atoms with Crippen molar-refractivity contribution in [2.75, 3.05) is 4.90 Å². The zero-order valence-electron chi connectivity index (χ0n) is 17.0. The molecule has 0 aromatic heterocycles. The van der Waals surface area contributed by atoms with Crippen LogP contribution in [0.1, 0.15) is 37.5 Å². The van der Waals surface area contributed by atoms with Crippen molar-refractivity contribution in [1.82, 2.24) is 10.3 Å². The van der Waals surface area contributed by atoms with Gasteiger partial charge in [-0.2, -0.15) is 5.01 Å². The number of fused-ring (bicyclic) bond motifs is 2. The summed E-state index contributed by atoms with van der Waals surface area (Å²) in [6.45, 7) is 5.16. The number of rotatable bonds is 3. The predicted octanol–water partition coefficient (Wildman–Crippen LogP) is 2.95. The summed E-state index contributed by atoms with van der Waals surface area (Å²) in [7, 11) is 0. The topological polar surface area (TPSA) is 82.1 Å². The lowest BCUT2D eigenvalue weighted by Crippen LogP contribution is -2.48. The number of hydrazone groups is 1. The maximum Gasteiger partial charge on any atom is 0.271 e. The Balaban J connectivity index is 1.85. The normalized spacial score (nSPS) is 19.8. The maximum absolute atomic E-state index is 13.9. The Kier molecular flexibility index (Phi) is 5.11. The molecule has 2 heterocycles. The van der Waals surface area contributed by atoms with Gasteiger partial charge in [0, 0.05) is 19.4 Å². The third-order valence-electron chi connectivity index (χ3n) is 5.16. The molecule has 0 radical (unpaired) electrons. The maximum atomic E-state index is 13.9. The number of carbonyl (C=O) groups is 3. The average molecular weight is 423 g/mol. The van der Waals surface area contributed by atoms with Gasteiger partial charge in [0.2, 0.25) is 16.7 Å². The quantitative estimate of drug-likeness (QED) is 0.825. The van der Waals surface area contributed by atoms with E-state index >= 15 is 0 Å². The first kappa shape index (κ1) is 20.2. The minimum absolute atomic E-state index is 0.237. The molecule has 0 fully saturated rings. The summed E-state index contributed by atoms with van der Waals surface area (Å²) in [5, 5.41) is 8.36. The number of nitrogens with one attached hydrogen (secondary N) is 1. The first-order chi connectivity index (χ1) is 14.4. The molecule has 2 aromatic rings. The van der Waals surface area contributed by atoms with Crippen LogP contribution >= 0.6 is 11.8 Å². The molecule has 7 nitrogen and oxygen atoms in total. The molecule has 0 aliphatic carbocycles. The average Bonchev–Trinajstić information content (AvgIpc) is 3.20. The molecule has 154 valence electrons. The Morgan fingerprint density at radius 1 is 1.10 bits per heavy atom. The van der Waals surface area contributed by atoms with E-state index in [1.807, 2.05) is 55.5 Å². The molecular weight excluding hydrogens is 400 g/mol. The fourth-order valence-corrected chi connectivity index (χ4v) is 5.13. The fourth-order valence-electron chi connectivity index (χ4n) is 3.80. The van der Waals surface area contributed by atoms with Crippen molar-refractivity contribution in [2.45, 2.75) is 38.6 Å². The molecule has 0 saturated carbocycles. The second-order valence-corrected chi connectivity index (χ2v) is 8.43. The Labute approximate surface area is 179 Å². The van der Waals surface area contributed by atoms with E-state index in [-0.39, 0.29) is 22.9 Å². The molecule has 8 heteroatoms. The molecule has 1 N–H and O–H groups in total. The highest BCUT2D eigenvalue weighted by Crippen LogP contribution is 2.55. The van der Waals surface area contributed by atoms with E-state index in [2.05, 4.69) is 10.4 Å². The van der Waals surface area contributed by atoms with Gasteiger partial charge in [-0.25, -0.2) is 0 Å². The minimum Gasteiger partial charge on any atom is -0.304 e. The number of amides is 3. The number of anilines is 1. The van der Waals surface area contributed by atoms with Crippen molar-refractivity contribution in [1.29, 1.82) is 0 Å². The largest absolute Gasteiger partial charge is 0.304 e. The number of hydrogen-bond donors (Lipinski definition) is 1. The summed E-state index contributed by atoms with van der Waals surface area (Å²) in [6, 6.07) is 15.6. The van der Waals surface area contributed by atoms with Gasteiger partial charge in [-0.3, -0.25) is 14.4 Å². The molecule has 4 rings (SSSR count). The molecule has 30 heavy (non-hydrogen) atoms. The van der Waals surface area contributed by atoms with Crippen LogP contribution in [-0.2, 0) is 32.2 Å². The Bertz CT molecular complexity index is 1070. The monoisotopic (exact) mass is 422 g/mol.